The van der Waals surface area contributed by atoms with Crippen LogP contribution in [0, 0.1) is 6.92 Å². The quantitative estimate of drug-likeness (QED) is 0.622. The number of hydrogen-bond acceptors (Lipinski definition) is 7. The molecule has 3 rings (SSSR count). The number of carbonyl (C=O) groups is 1. The first kappa shape index (κ1) is 17.5. The molecule has 0 fully saturated rings. The largest absolute Gasteiger partial charge is 0.478 e. The summed E-state index contributed by atoms with van der Waals surface area (Å²) in [5.74, 6) is 0.0380. The van der Waals surface area contributed by atoms with Gasteiger partial charge in [0.05, 0.1) is 42.4 Å². The maximum Gasteiger partial charge on any atom is 0.295 e. The summed E-state index contributed by atoms with van der Waals surface area (Å²) in [4.78, 5) is 36.9. The predicted octanol–water partition coefficient (Wildman–Crippen LogP) is 1.83. The molecule has 3 heterocycles. The number of aromatic amines is 1. The second kappa shape index (κ2) is 8.17. The first-order chi connectivity index (χ1) is 12.7. The molecule has 0 saturated carbocycles. The van der Waals surface area contributed by atoms with Crippen molar-refractivity contribution in [1.29, 1.82) is 0 Å². The van der Waals surface area contributed by atoms with E-state index in [0.717, 1.165) is 17.0 Å². The molecule has 9 heteroatoms. The zero-order chi connectivity index (χ0) is 18.4. The Labute approximate surface area is 149 Å². The van der Waals surface area contributed by atoms with Gasteiger partial charge >= 0.3 is 0 Å². The maximum atomic E-state index is 12.2. The van der Waals surface area contributed by atoms with Gasteiger partial charge in [-0.3, -0.25) is 14.6 Å². The number of aryl methyl sites for hydroxylation is 1. The number of pyridine rings is 1. The summed E-state index contributed by atoms with van der Waals surface area (Å²) in [6.07, 6.45) is 6.11. The minimum atomic E-state index is -0.490. The molecule has 26 heavy (non-hydrogen) atoms. The van der Waals surface area contributed by atoms with Crippen molar-refractivity contribution in [2.24, 2.45) is 0 Å². The number of rotatable bonds is 7. The molecule has 2 N–H and O–H groups in total. The van der Waals surface area contributed by atoms with Crippen molar-refractivity contribution in [3.63, 3.8) is 0 Å². The zero-order valence-corrected chi connectivity index (χ0v) is 14.4. The monoisotopic (exact) mass is 354 g/mol. The molecule has 0 radical (unpaired) electrons. The van der Waals surface area contributed by atoms with Gasteiger partial charge in [0.25, 0.3) is 5.91 Å². The fourth-order valence-electron chi connectivity index (χ4n) is 2.14. The van der Waals surface area contributed by atoms with E-state index < -0.39 is 5.91 Å². The second-order valence-electron chi connectivity index (χ2n) is 5.29. The van der Waals surface area contributed by atoms with Crippen molar-refractivity contribution >= 4 is 5.91 Å². The van der Waals surface area contributed by atoms with Crippen LogP contribution in [0.4, 0.5) is 0 Å². The van der Waals surface area contributed by atoms with Gasteiger partial charge in [0.1, 0.15) is 12.3 Å². The van der Waals surface area contributed by atoms with Gasteiger partial charge in [-0.1, -0.05) is 0 Å². The van der Waals surface area contributed by atoms with Crippen molar-refractivity contribution in [3.05, 3.63) is 54.1 Å². The smallest absolute Gasteiger partial charge is 0.295 e. The third-order valence-corrected chi connectivity index (χ3v) is 3.51. The molecule has 0 atom stereocenters. The molecule has 9 nitrogen and oxygen atoms in total. The van der Waals surface area contributed by atoms with Crippen LogP contribution in [0.15, 0.2) is 37.1 Å². The highest BCUT2D eigenvalue weighted by atomic mass is 16.7. The Morgan fingerprint density at radius 1 is 1.23 bits per heavy atom. The third kappa shape index (κ3) is 4.19. The van der Waals surface area contributed by atoms with E-state index in [0.29, 0.717) is 18.2 Å². The average molecular weight is 354 g/mol. The van der Waals surface area contributed by atoms with Gasteiger partial charge in [0.15, 0.2) is 0 Å². The Bertz CT molecular complexity index is 878. The van der Waals surface area contributed by atoms with E-state index in [2.05, 4.69) is 30.4 Å². The van der Waals surface area contributed by atoms with E-state index in [-0.39, 0.29) is 12.3 Å². The van der Waals surface area contributed by atoms with Crippen molar-refractivity contribution < 1.29 is 14.4 Å². The number of nitrogens with one attached hydrogen (secondary N) is 2. The normalized spacial score (nSPS) is 10.5. The van der Waals surface area contributed by atoms with Gasteiger partial charge in [-0.15, -0.1) is 0 Å². The topological polar surface area (TPSA) is 115 Å². The van der Waals surface area contributed by atoms with Crippen LogP contribution in [0.3, 0.4) is 0 Å². The molecule has 0 aliphatic heterocycles. The van der Waals surface area contributed by atoms with Crippen LogP contribution in [-0.4, -0.2) is 37.4 Å². The summed E-state index contributed by atoms with van der Waals surface area (Å²) in [7, 11) is 0. The Hall–Kier alpha value is -3.33. The van der Waals surface area contributed by atoms with Gasteiger partial charge in [0.2, 0.25) is 5.88 Å². The minimum absolute atomic E-state index is 0.137. The molecule has 0 aliphatic rings. The van der Waals surface area contributed by atoms with Crippen LogP contribution in [0.2, 0.25) is 0 Å². The zero-order valence-electron chi connectivity index (χ0n) is 14.4. The van der Waals surface area contributed by atoms with E-state index in [1.807, 2.05) is 13.8 Å². The molecule has 134 valence electrons. The summed E-state index contributed by atoms with van der Waals surface area (Å²) < 4.78 is 5.31. The van der Waals surface area contributed by atoms with Gasteiger partial charge in [-0.05, 0) is 19.9 Å². The van der Waals surface area contributed by atoms with Crippen LogP contribution < -0.4 is 10.2 Å². The highest BCUT2D eigenvalue weighted by Gasteiger charge is 2.11. The lowest BCUT2D eigenvalue weighted by Crippen LogP contribution is -2.25. The molecule has 0 saturated heterocycles. The first-order valence-corrected chi connectivity index (χ1v) is 7.99. The Morgan fingerprint density at radius 3 is 2.81 bits per heavy atom. The fraction of sp³-hybridized carbons (Fsp3) is 0.235. The molecule has 0 aliphatic carbocycles. The van der Waals surface area contributed by atoms with Crippen molar-refractivity contribution in [1.82, 2.24) is 30.4 Å². The van der Waals surface area contributed by atoms with E-state index >= 15 is 0 Å². The van der Waals surface area contributed by atoms with E-state index in [1.54, 1.807) is 30.9 Å². The number of aromatic nitrogens is 5. The molecular formula is C17H18N6O3. The number of amides is 1. The predicted molar refractivity (Wildman–Crippen MR) is 92.0 cm³/mol. The first-order valence-electron chi connectivity index (χ1n) is 7.99. The number of hydrogen-bond donors (Lipinski definition) is 2. The van der Waals surface area contributed by atoms with Crippen LogP contribution in [0.25, 0.3) is 11.3 Å². The van der Waals surface area contributed by atoms with Gasteiger partial charge in [0, 0.05) is 17.8 Å². The lowest BCUT2D eigenvalue weighted by atomic mass is 10.2. The number of nitrogens with zero attached hydrogens (tertiary/aromatic N) is 4. The second-order valence-corrected chi connectivity index (χ2v) is 5.29. The van der Waals surface area contributed by atoms with E-state index in [4.69, 9.17) is 9.57 Å². The molecule has 3 aromatic rings. The molecular weight excluding hydrogens is 336 g/mol. The van der Waals surface area contributed by atoms with Gasteiger partial charge in [-0.25, -0.2) is 20.4 Å². The third-order valence-electron chi connectivity index (χ3n) is 3.51. The van der Waals surface area contributed by atoms with Crippen LogP contribution in [0.5, 0.6) is 5.88 Å². The van der Waals surface area contributed by atoms with Gasteiger partial charge in [-0.2, -0.15) is 0 Å². The average Bonchev–Trinajstić information content (AvgIpc) is 3.07. The van der Waals surface area contributed by atoms with Crippen LogP contribution in [-0.2, 0) is 11.4 Å². The summed E-state index contributed by atoms with van der Waals surface area (Å²) in [5, 5.41) is 0. The van der Waals surface area contributed by atoms with Gasteiger partial charge < -0.3 is 9.72 Å². The lowest BCUT2D eigenvalue weighted by Gasteiger charge is -2.07. The Morgan fingerprint density at radius 2 is 2.12 bits per heavy atom. The number of imidazole rings is 1. The number of H-pyrrole nitrogens is 1. The molecule has 0 spiro atoms. The molecule has 0 aromatic carbocycles. The van der Waals surface area contributed by atoms with E-state index in [9.17, 15) is 4.79 Å². The minimum Gasteiger partial charge on any atom is -0.478 e. The van der Waals surface area contributed by atoms with Crippen LogP contribution >= 0.6 is 0 Å². The fourth-order valence-corrected chi connectivity index (χ4v) is 2.14. The highest BCUT2D eigenvalue weighted by molar-refractivity contribution is 5.91. The van der Waals surface area contributed by atoms with Crippen molar-refractivity contribution in [2.45, 2.75) is 20.5 Å². The van der Waals surface area contributed by atoms with Crippen LogP contribution in [0.1, 0.15) is 28.8 Å². The van der Waals surface area contributed by atoms with E-state index in [1.165, 1.54) is 6.20 Å². The molecule has 0 unspecified atom stereocenters. The highest BCUT2D eigenvalue weighted by Crippen LogP contribution is 2.17. The van der Waals surface area contributed by atoms with Crippen molar-refractivity contribution in [2.75, 3.05) is 6.61 Å². The molecule has 0 bridgehead atoms. The SMILES string of the molecule is CCOc1ccc(-c2cncc(C(=O)NOCc3[nH]cnc3C)n2)cn1. The Kier molecular flexibility index (Phi) is 5.49. The number of carbonyl (C=O) groups excluding carboxylic acids is 1. The number of ether oxygens (including phenoxy) is 1. The number of hydroxylamine groups is 1. The summed E-state index contributed by atoms with van der Waals surface area (Å²) >= 11 is 0. The summed E-state index contributed by atoms with van der Waals surface area (Å²) in [6.45, 7) is 4.45. The molecule has 3 aromatic heterocycles. The molecule has 1 amide bonds. The standard InChI is InChI=1S/C17H18N6O3/c1-3-25-16-5-4-12(6-19-16)13-7-18-8-14(22-13)17(24)23-26-9-15-11(2)20-10-21-15/h4-8,10H,3,9H2,1-2H3,(H,20,21)(H,23,24). The summed E-state index contributed by atoms with van der Waals surface area (Å²) in [6, 6.07) is 3.55. The van der Waals surface area contributed by atoms with Crippen molar-refractivity contribution in [3.8, 4) is 17.1 Å². The summed E-state index contributed by atoms with van der Waals surface area (Å²) in [5.41, 5.74) is 5.33. The lowest BCUT2D eigenvalue weighted by molar-refractivity contribution is 0.0217. The Balaban J connectivity index is 1.64. The maximum absolute atomic E-state index is 12.2.